The van der Waals surface area contributed by atoms with E-state index in [9.17, 15) is 19.7 Å². The Kier molecular flexibility index (Phi) is 3.98. The van der Waals surface area contributed by atoms with Crippen LogP contribution in [0.15, 0.2) is 54.6 Å². The van der Waals surface area contributed by atoms with Gasteiger partial charge in [0.05, 0.1) is 16.9 Å². The van der Waals surface area contributed by atoms with Crippen molar-refractivity contribution in [3.8, 4) is 0 Å². The molecule has 0 saturated carbocycles. The number of hydrazine groups is 1. The fourth-order valence-electron chi connectivity index (χ4n) is 3.63. The summed E-state index contributed by atoms with van der Waals surface area (Å²) in [6.45, 7) is 0.439. The number of imide groups is 1. The monoisotopic (exact) mass is 352 g/mol. The maximum Gasteiger partial charge on any atom is 0.269 e. The van der Waals surface area contributed by atoms with Crippen LogP contribution in [0.4, 0.5) is 5.69 Å². The number of fused-ring (bicyclic) bond motifs is 1. The summed E-state index contributed by atoms with van der Waals surface area (Å²) in [6, 6.07) is 14.6. The van der Waals surface area contributed by atoms with Crippen LogP contribution in [0.3, 0.4) is 0 Å². The molecule has 2 heterocycles. The van der Waals surface area contributed by atoms with E-state index in [1.54, 1.807) is 17.1 Å². The molecule has 0 aromatic heterocycles. The van der Waals surface area contributed by atoms with Crippen molar-refractivity contribution in [2.45, 2.75) is 18.6 Å². The van der Waals surface area contributed by atoms with Crippen LogP contribution < -0.4 is 10.7 Å². The number of hydrogen-bond donors (Lipinski definition) is 2. The van der Waals surface area contributed by atoms with E-state index in [2.05, 4.69) is 10.7 Å². The van der Waals surface area contributed by atoms with Crippen LogP contribution in [0, 0.1) is 16.0 Å². The Balaban J connectivity index is 1.68. The molecule has 3 atom stereocenters. The molecule has 0 unspecified atom stereocenters. The minimum Gasteiger partial charge on any atom is -0.295 e. The lowest BCUT2D eigenvalue weighted by Crippen LogP contribution is -2.43. The van der Waals surface area contributed by atoms with Crippen LogP contribution in [-0.4, -0.2) is 27.8 Å². The second-order valence-electron chi connectivity index (χ2n) is 6.40. The molecule has 4 rings (SSSR count). The third kappa shape index (κ3) is 2.75. The lowest BCUT2D eigenvalue weighted by atomic mass is 9.90. The number of rotatable bonds is 4. The molecular weight excluding hydrogens is 336 g/mol. The minimum absolute atomic E-state index is 0.0490. The largest absolute Gasteiger partial charge is 0.295 e. The number of hydrogen-bond acceptors (Lipinski definition) is 6. The average Bonchev–Trinajstić information content (AvgIpc) is 3.15. The van der Waals surface area contributed by atoms with Crippen molar-refractivity contribution in [3.05, 3.63) is 75.8 Å². The Morgan fingerprint density at radius 2 is 1.81 bits per heavy atom. The molecule has 0 radical (unpaired) electrons. The van der Waals surface area contributed by atoms with Crippen LogP contribution in [0.5, 0.6) is 0 Å². The standard InChI is InChI=1S/C18H16N4O4/c23-17-14-15(12-7-4-8-13(9-12)22(25)26)20-21(16(14)18(24)19-17)10-11-5-2-1-3-6-11/h1-9,14-16,20H,10H2,(H,19,23,24)/t14-,15+,16+/m1/s1. The van der Waals surface area contributed by atoms with E-state index in [1.807, 2.05) is 30.3 Å². The molecule has 2 aromatic carbocycles. The third-order valence-corrected chi connectivity index (χ3v) is 4.79. The molecule has 0 spiro atoms. The zero-order chi connectivity index (χ0) is 18.3. The summed E-state index contributed by atoms with van der Waals surface area (Å²) in [5.74, 6) is -1.34. The fraction of sp³-hybridized carbons (Fsp3) is 0.222. The maximum absolute atomic E-state index is 12.3. The maximum atomic E-state index is 12.3. The number of nitrogens with zero attached hydrogens (tertiary/aromatic N) is 2. The zero-order valence-corrected chi connectivity index (χ0v) is 13.7. The zero-order valence-electron chi connectivity index (χ0n) is 13.7. The topological polar surface area (TPSA) is 105 Å². The van der Waals surface area contributed by atoms with E-state index in [1.165, 1.54) is 12.1 Å². The van der Waals surface area contributed by atoms with Crippen molar-refractivity contribution in [3.63, 3.8) is 0 Å². The summed E-state index contributed by atoms with van der Waals surface area (Å²) in [6.07, 6.45) is 0. The van der Waals surface area contributed by atoms with Crippen LogP contribution in [0.1, 0.15) is 17.2 Å². The summed E-state index contributed by atoms with van der Waals surface area (Å²) in [5.41, 5.74) is 4.76. The minimum atomic E-state index is -0.646. The fourth-order valence-corrected chi connectivity index (χ4v) is 3.63. The van der Waals surface area contributed by atoms with Gasteiger partial charge in [-0.25, -0.2) is 10.4 Å². The number of benzene rings is 2. The van der Waals surface area contributed by atoms with Gasteiger partial charge in [-0.2, -0.15) is 0 Å². The molecule has 2 aliphatic rings. The first-order chi connectivity index (χ1) is 12.5. The number of nitro groups is 1. The van der Waals surface area contributed by atoms with Gasteiger partial charge < -0.3 is 0 Å². The van der Waals surface area contributed by atoms with E-state index in [0.29, 0.717) is 12.1 Å². The van der Waals surface area contributed by atoms with Crippen molar-refractivity contribution in [1.29, 1.82) is 0 Å². The summed E-state index contributed by atoms with van der Waals surface area (Å²) in [5, 5.41) is 15.2. The van der Waals surface area contributed by atoms with Gasteiger partial charge in [0.2, 0.25) is 11.8 Å². The van der Waals surface area contributed by atoms with E-state index >= 15 is 0 Å². The van der Waals surface area contributed by atoms with Gasteiger partial charge in [-0.1, -0.05) is 42.5 Å². The number of nitrogens with one attached hydrogen (secondary N) is 2. The normalized spacial score (nSPS) is 25.2. The number of amides is 2. The summed E-state index contributed by atoms with van der Waals surface area (Å²) >= 11 is 0. The Hall–Kier alpha value is -3.10. The van der Waals surface area contributed by atoms with Crippen LogP contribution in [0.2, 0.25) is 0 Å². The highest BCUT2D eigenvalue weighted by Crippen LogP contribution is 2.38. The van der Waals surface area contributed by atoms with Gasteiger partial charge in [0.1, 0.15) is 6.04 Å². The molecule has 2 aromatic rings. The summed E-state index contributed by atoms with van der Waals surface area (Å²) < 4.78 is 0. The lowest BCUT2D eigenvalue weighted by molar-refractivity contribution is -0.384. The van der Waals surface area contributed by atoms with Crippen molar-refractivity contribution in [2.24, 2.45) is 5.92 Å². The lowest BCUT2D eigenvalue weighted by Gasteiger charge is -2.22. The van der Waals surface area contributed by atoms with Crippen molar-refractivity contribution < 1.29 is 14.5 Å². The molecule has 0 bridgehead atoms. The predicted molar refractivity (Wildman–Crippen MR) is 91.4 cm³/mol. The van der Waals surface area contributed by atoms with Crippen molar-refractivity contribution >= 4 is 17.5 Å². The van der Waals surface area contributed by atoms with Gasteiger partial charge in [0.25, 0.3) is 5.69 Å². The first-order valence-corrected chi connectivity index (χ1v) is 8.20. The Bertz CT molecular complexity index is 886. The van der Waals surface area contributed by atoms with Crippen LogP contribution >= 0.6 is 0 Å². The van der Waals surface area contributed by atoms with Gasteiger partial charge in [-0.15, -0.1) is 0 Å². The van der Waals surface area contributed by atoms with Gasteiger partial charge in [-0.05, 0) is 11.1 Å². The first-order valence-electron chi connectivity index (χ1n) is 8.20. The Morgan fingerprint density at radius 1 is 1.04 bits per heavy atom. The van der Waals surface area contributed by atoms with Crippen LogP contribution in [-0.2, 0) is 16.1 Å². The molecule has 0 aliphatic carbocycles. The Labute approximate surface area is 148 Å². The van der Waals surface area contributed by atoms with Gasteiger partial charge >= 0.3 is 0 Å². The highest BCUT2D eigenvalue weighted by atomic mass is 16.6. The van der Waals surface area contributed by atoms with E-state index in [0.717, 1.165) is 5.56 Å². The van der Waals surface area contributed by atoms with Crippen molar-refractivity contribution in [1.82, 2.24) is 15.8 Å². The van der Waals surface area contributed by atoms with Gasteiger partial charge in [0, 0.05) is 18.7 Å². The molecule has 2 fully saturated rings. The molecule has 2 aliphatic heterocycles. The molecular formula is C18H16N4O4. The van der Waals surface area contributed by atoms with Gasteiger partial charge in [-0.3, -0.25) is 25.0 Å². The van der Waals surface area contributed by atoms with Crippen molar-refractivity contribution in [2.75, 3.05) is 0 Å². The number of nitro benzene ring substituents is 1. The summed E-state index contributed by atoms with van der Waals surface area (Å²) in [4.78, 5) is 35.2. The van der Waals surface area contributed by atoms with Crippen LogP contribution in [0.25, 0.3) is 0 Å². The highest BCUT2D eigenvalue weighted by Gasteiger charge is 2.54. The SMILES string of the molecule is O=C1NC(=O)[C@@H]2[C@H]1[C@H](c1cccc([N+](=O)[O-])c1)NN2Cc1ccccc1. The number of non-ortho nitro benzene ring substituents is 1. The van der Waals surface area contributed by atoms with E-state index in [-0.39, 0.29) is 17.5 Å². The van der Waals surface area contributed by atoms with Gasteiger partial charge in [0.15, 0.2) is 0 Å². The van der Waals surface area contributed by atoms with E-state index < -0.39 is 22.9 Å². The molecule has 8 nitrogen and oxygen atoms in total. The third-order valence-electron chi connectivity index (χ3n) is 4.79. The quantitative estimate of drug-likeness (QED) is 0.488. The second kappa shape index (κ2) is 6.32. The predicted octanol–water partition coefficient (Wildman–Crippen LogP) is 1.30. The molecule has 132 valence electrons. The second-order valence-corrected chi connectivity index (χ2v) is 6.40. The molecule has 2 N–H and O–H groups in total. The molecule has 2 amide bonds. The Morgan fingerprint density at radius 3 is 2.54 bits per heavy atom. The smallest absolute Gasteiger partial charge is 0.269 e. The highest BCUT2D eigenvalue weighted by molar-refractivity contribution is 6.07. The van der Waals surface area contributed by atoms with E-state index in [4.69, 9.17) is 0 Å². The average molecular weight is 352 g/mol. The summed E-state index contributed by atoms with van der Waals surface area (Å²) in [7, 11) is 0. The molecule has 8 heteroatoms. The molecule has 26 heavy (non-hydrogen) atoms. The molecule has 2 saturated heterocycles. The first kappa shape index (κ1) is 16.4. The number of carbonyl (C=O) groups excluding carboxylic acids is 2. The number of carbonyl (C=O) groups is 2.